The number of rotatable bonds is 3. The van der Waals surface area contributed by atoms with E-state index in [1.165, 1.54) is 7.11 Å². The van der Waals surface area contributed by atoms with Gasteiger partial charge in [0.15, 0.2) is 5.13 Å². The van der Waals surface area contributed by atoms with Crippen LogP contribution >= 0.6 is 11.3 Å². The number of nitrogens with one attached hydrogen (secondary N) is 1. The molecule has 2 rings (SSSR count). The lowest BCUT2D eigenvalue weighted by Gasteiger charge is -2.05. The van der Waals surface area contributed by atoms with Crippen molar-refractivity contribution >= 4 is 22.4 Å². The maximum Gasteiger partial charge on any atom is 0.339 e. The van der Waals surface area contributed by atoms with Gasteiger partial charge in [0.05, 0.1) is 18.4 Å². The van der Waals surface area contributed by atoms with Crippen LogP contribution in [0.2, 0.25) is 0 Å². The van der Waals surface area contributed by atoms with Gasteiger partial charge in [0.1, 0.15) is 5.69 Å². The number of aromatic nitrogens is 2. The third-order valence-electron chi connectivity index (χ3n) is 3.23. The Morgan fingerprint density at radius 1 is 1.30 bits per heavy atom. The summed E-state index contributed by atoms with van der Waals surface area (Å²) < 4.78 is 4.84. The van der Waals surface area contributed by atoms with E-state index in [9.17, 15) is 4.79 Å². The number of thiazole rings is 1. The minimum atomic E-state index is -0.316. The van der Waals surface area contributed by atoms with Crippen LogP contribution in [-0.4, -0.2) is 37.1 Å². The van der Waals surface area contributed by atoms with Crippen molar-refractivity contribution in [3.05, 3.63) is 21.7 Å². The highest BCUT2D eigenvalue weighted by Gasteiger charge is 2.22. The van der Waals surface area contributed by atoms with Crippen LogP contribution in [0.5, 0.6) is 0 Å². The lowest BCUT2D eigenvalue weighted by Crippen LogP contribution is -2.07. The maximum atomic E-state index is 11.8. The van der Waals surface area contributed by atoms with E-state index in [2.05, 4.69) is 9.97 Å². The second-order valence-corrected chi connectivity index (χ2v) is 6.09. The van der Waals surface area contributed by atoms with Gasteiger partial charge in [-0.05, 0) is 26.3 Å². The second-order valence-electron chi connectivity index (χ2n) is 4.91. The number of hydrogen-bond donors (Lipinski definition) is 1. The topological polar surface area (TPSA) is 58.2 Å². The second kappa shape index (κ2) is 5.28. The Morgan fingerprint density at radius 3 is 2.45 bits per heavy atom. The van der Waals surface area contributed by atoms with Gasteiger partial charge in [-0.15, -0.1) is 11.3 Å². The fourth-order valence-electron chi connectivity index (χ4n) is 2.20. The number of anilines is 1. The van der Waals surface area contributed by atoms with Crippen molar-refractivity contribution in [2.45, 2.75) is 20.8 Å². The molecule has 2 heterocycles. The Bertz CT molecular complexity index is 656. The van der Waals surface area contributed by atoms with E-state index >= 15 is 0 Å². The number of methoxy groups -OCH3 is 1. The van der Waals surface area contributed by atoms with Crippen molar-refractivity contribution in [1.82, 2.24) is 9.97 Å². The predicted octanol–water partition coefficient (Wildman–Crippen LogP) is 2.92. The van der Waals surface area contributed by atoms with E-state index in [-0.39, 0.29) is 5.97 Å². The van der Waals surface area contributed by atoms with Crippen molar-refractivity contribution in [3.8, 4) is 11.4 Å². The standard InChI is InChI=1S/C14H19N3O2S/c1-7-10(13(18)19-6)8(2)15-11(7)12-9(3)20-14(16-12)17(4)5/h15H,1-6H3. The average Bonchev–Trinajstić information content (AvgIpc) is 2.90. The van der Waals surface area contributed by atoms with E-state index in [1.807, 2.05) is 39.8 Å². The zero-order valence-corrected chi connectivity index (χ0v) is 13.4. The lowest BCUT2D eigenvalue weighted by atomic mass is 10.1. The van der Waals surface area contributed by atoms with Gasteiger partial charge in [-0.1, -0.05) is 0 Å². The first-order chi connectivity index (χ1) is 9.36. The molecule has 1 N–H and O–H groups in total. The number of aryl methyl sites for hydroxylation is 2. The summed E-state index contributed by atoms with van der Waals surface area (Å²) in [6.07, 6.45) is 0. The largest absolute Gasteiger partial charge is 0.465 e. The van der Waals surface area contributed by atoms with Crippen molar-refractivity contribution in [3.63, 3.8) is 0 Å². The van der Waals surface area contributed by atoms with Crippen molar-refractivity contribution in [2.24, 2.45) is 0 Å². The zero-order chi connectivity index (χ0) is 15.0. The Labute approximate surface area is 122 Å². The molecule has 0 saturated heterocycles. The quantitative estimate of drug-likeness (QED) is 0.884. The normalized spacial score (nSPS) is 10.7. The van der Waals surface area contributed by atoms with Crippen LogP contribution in [-0.2, 0) is 4.74 Å². The summed E-state index contributed by atoms with van der Waals surface area (Å²) >= 11 is 1.63. The van der Waals surface area contributed by atoms with E-state index in [0.29, 0.717) is 5.56 Å². The highest BCUT2D eigenvalue weighted by atomic mass is 32.1. The van der Waals surface area contributed by atoms with Gasteiger partial charge in [0, 0.05) is 24.7 Å². The van der Waals surface area contributed by atoms with Crippen molar-refractivity contribution in [2.75, 3.05) is 26.1 Å². The Morgan fingerprint density at radius 2 is 1.95 bits per heavy atom. The molecule has 6 heteroatoms. The van der Waals surface area contributed by atoms with Gasteiger partial charge >= 0.3 is 5.97 Å². The summed E-state index contributed by atoms with van der Waals surface area (Å²) in [6.45, 7) is 5.82. The van der Waals surface area contributed by atoms with Gasteiger partial charge in [0.2, 0.25) is 0 Å². The smallest absolute Gasteiger partial charge is 0.339 e. The Kier molecular flexibility index (Phi) is 3.85. The average molecular weight is 293 g/mol. The van der Waals surface area contributed by atoms with E-state index in [4.69, 9.17) is 4.74 Å². The van der Waals surface area contributed by atoms with Gasteiger partial charge in [-0.2, -0.15) is 0 Å². The first-order valence-corrected chi connectivity index (χ1v) is 7.11. The molecule has 0 bridgehead atoms. The van der Waals surface area contributed by atoms with Gasteiger partial charge < -0.3 is 14.6 Å². The van der Waals surface area contributed by atoms with Gasteiger partial charge in [0.25, 0.3) is 0 Å². The van der Waals surface area contributed by atoms with Crippen LogP contribution in [0.25, 0.3) is 11.4 Å². The number of aromatic amines is 1. The van der Waals surface area contributed by atoms with Crippen LogP contribution in [0.4, 0.5) is 5.13 Å². The summed E-state index contributed by atoms with van der Waals surface area (Å²) in [4.78, 5) is 22.8. The van der Waals surface area contributed by atoms with Crippen LogP contribution in [0.3, 0.4) is 0 Å². The number of esters is 1. The van der Waals surface area contributed by atoms with Crippen LogP contribution in [0.1, 0.15) is 26.5 Å². The molecule has 0 unspecified atom stereocenters. The molecule has 0 atom stereocenters. The third kappa shape index (κ3) is 2.31. The highest BCUT2D eigenvalue weighted by Crippen LogP contribution is 2.34. The van der Waals surface area contributed by atoms with Gasteiger partial charge in [-0.3, -0.25) is 0 Å². The molecule has 2 aromatic heterocycles. The molecule has 0 fully saturated rings. The number of hydrogen-bond acceptors (Lipinski definition) is 5. The molecular formula is C14H19N3O2S. The third-order valence-corrected chi connectivity index (χ3v) is 4.37. The predicted molar refractivity (Wildman–Crippen MR) is 81.8 cm³/mol. The van der Waals surface area contributed by atoms with Crippen LogP contribution in [0.15, 0.2) is 0 Å². The molecule has 2 aromatic rings. The number of nitrogens with zero attached hydrogens (tertiary/aromatic N) is 2. The Balaban J connectivity index is 2.57. The summed E-state index contributed by atoms with van der Waals surface area (Å²) in [5.41, 5.74) is 4.08. The van der Waals surface area contributed by atoms with E-state index in [1.54, 1.807) is 11.3 Å². The summed E-state index contributed by atoms with van der Waals surface area (Å²) in [5.74, 6) is -0.316. The molecule has 0 aliphatic carbocycles. The minimum absolute atomic E-state index is 0.316. The molecule has 0 aliphatic rings. The molecule has 0 radical (unpaired) electrons. The zero-order valence-electron chi connectivity index (χ0n) is 12.6. The van der Waals surface area contributed by atoms with Crippen molar-refractivity contribution in [1.29, 1.82) is 0 Å². The molecule has 0 amide bonds. The van der Waals surface area contributed by atoms with Crippen LogP contribution in [0, 0.1) is 20.8 Å². The summed E-state index contributed by atoms with van der Waals surface area (Å²) in [6, 6.07) is 0. The molecule has 5 nitrogen and oxygen atoms in total. The molecule has 0 aromatic carbocycles. The fraction of sp³-hybridized carbons (Fsp3) is 0.429. The lowest BCUT2D eigenvalue weighted by molar-refractivity contribution is 0.0599. The first kappa shape index (κ1) is 14.6. The minimum Gasteiger partial charge on any atom is -0.465 e. The number of carbonyl (C=O) groups excluding carboxylic acids is 1. The van der Waals surface area contributed by atoms with Crippen LogP contribution < -0.4 is 4.90 Å². The monoisotopic (exact) mass is 293 g/mol. The number of carbonyl (C=O) groups is 1. The summed E-state index contributed by atoms with van der Waals surface area (Å²) in [5, 5.41) is 0.948. The highest BCUT2D eigenvalue weighted by molar-refractivity contribution is 7.16. The molecule has 0 spiro atoms. The molecular weight excluding hydrogens is 274 g/mol. The van der Waals surface area contributed by atoms with E-state index < -0.39 is 0 Å². The maximum absolute atomic E-state index is 11.8. The Hall–Kier alpha value is -1.82. The van der Waals surface area contributed by atoms with Crippen molar-refractivity contribution < 1.29 is 9.53 Å². The molecule has 0 aliphatic heterocycles. The summed E-state index contributed by atoms with van der Waals surface area (Å²) in [7, 11) is 5.33. The first-order valence-electron chi connectivity index (χ1n) is 6.29. The fourth-order valence-corrected chi connectivity index (χ4v) is 3.04. The molecule has 20 heavy (non-hydrogen) atoms. The number of H-pyrrole nitrogens is 1. The molecule has 0 saturated carbocycles. The SMILES string of the molecule is COC(=O)c1c(C)[nH]c(-c2nc(N(C)C)sc2C)c1C. The molecule has 108 valence electrons. The van der Waals surface area contributed by atoms with E-state index in [0.717, 1.165) is 32.7 Å². The van der Waals surface area contributed by atoms with Gasteiger partial charge in [-0.25, -0.2) is 9.78 Å². The number of ether oxygens (including phenoxy) is 1.